The van der Waals surface area contributed by atoms with Gasteiger partial charge in [0.15, 0.2) is 5.79 Å². The zero-order chi connectivity index (χ0) is 13.0. The summed E-state index contributed by atoms with van der Waals surface area (Å²) in [7, 11) is 0. The van der Waals surface area contributed by atoms with Gasteiger partial charge >= 0.3 is 0 Å². The fourth-order valence-corrected chi connectivity index (χ4v) is 4.30. The molecule has 0 amide bonds. The average Bonchev–Trinajstić information content (AvgIpc) is 2.77. The van der Waals surface area contributed by atoms with E-state index in [-0.39, 0.29) is 17.4 Å². The van der Waals surface area contributed by atoms with E-state index in [1.807, 2.05) is 6.92 Å². The number of hydrogen-bond donors (Lipinski definition) is 2. The highest BCUT2D eigenvalue weighted by Crippen LogP contribution is 2.57. The minimum atomic E-state index is -0.725. The number of ether oxygens (including phenoxy) is 2. The van der Waals surface area contributed by atoms with Crippen molar-refractivity contribution in [2.45, 2.75) is 63.4 Å². The first-order valence-electron chi connectivity index (χ1n) is 7.06. The Balaban J connectivity index is 1.90. The van der Waals surface area contributed by atoms with Gasteiger partial charge in [-0.2, -0.15) is 0 Å². The molecule has 1 saturated heterocycles. The summed E-state index contributed by atoms with van der Waals surface area (Å²) in [6, 6.07) is 0. The van der Waals surface area contributed by atoms with Gasteiger partial charge in [0.25, 0.3) is 0 Å². The summed E-state index contributed by atoms with van der Waals surface area (Å²) in [6.45, 7) is 5.30. The van der Waals surface area contributed by atoms with E-state index in [0.29, 0.717) is 32.5 Å². The second kappa shape index (κ2) is 3.92. The molecule has 0 aromatic carbocycles. The molecule has 104 valence electrons. The van der Waals surface area contributed by atoms with Crippen LogP contribution in [-0.2, 0) is 9.47 Å². The normalized spacial score (nSPS) is 51.3. The highest BCUT2D eigenvalue weighted by atomic mass is 16.7. The molecule has 0 unspecified atom stereocenters. The van der Waals surface area contributed by atoms with E-state index >= 15 is 0 Å². The van der Waals surface area contributed by atoms with Gasteiger partial charge in [0, 0.05) is 18.8 Å². The Morgan fingerprint density at radius 2 is 1.72 bits per heavy atom. The van der Waals surface area contributed by atoms with Gasteiger partial charge < -0.3 is 19.7 Å². The zero-order valence-electron chi connectivity index (χ0n) is 11.3. The minimum Gasteiger partial charge on any atom is -0.393 e. The summed E-state index contributed by atoms with van der Waals surface area (Å²) in [6.07, 6.45) is 3.41. The number of aliphatic hydroxyl groups excluding tert-OH is 1. The SMILES string of the molecule is C[C@@]12CCC3(C[C@H]1[C@@](C)(O)CC[C@H]2O)OCCO3. The quantitative estimate of drug-likeness (QED) is 0.688. The predicted molar refractivity (Wildman–Crippen MR) is 65.9 cm³/mol. The molecule has 4 heteroatoms. The fourth-order valence-electron chi connectivity index (χ4n) is 4.30. The third kappa shape index (κ3) is 1.73. The number of aliphatic hydroxyl groups is 2. The van der Waals surface area contributed by atoms with Crippen LogP contribution in [0.2, 0.25) is 0 Å². The van der Waals surface area contributed by atoms with Crippen LogP contribution in [0.25, 0.3) is 0 Å². The molecule has 2 saturated carbocycles. The van der Waals surface area contributed by atoms with Crippen molar-refractivity contribution in [1.29, 1.82) is 0 Å². The topological polar surface area (TPSA) is 58.9 Å². The van der Waals surface area contributed by atoms with Gasteiger partial charge in [-0.1, -0.05) is 6.92 Å². The molecule has 0 aromatic heterocycles. The standard InChI is InChI=1S/C14H24O4/c1-12-5-6-14(17-7-8-18-14)9-10(12)13(2,16)4-3-11(12)15/h10-11,15-16H,3-9H2,1-2H3/t10-,11-,12-,13+/m1/s1. The van der Waals surface area contributed by atoms with E-state index in [1.165, 1.54) is 0 Å². The van der Waals surface area contributed by atoms with E-state index < -0.39 is 11.4 Å². The van der Waals surface area contributed by atoms with Crippen LogP contribution in [0.4, 0.5) is 0 Å². The van der Waals surface area contributed by atoms with E-state index in [0.717, 1.165) is 12.8 Å². The Morgan fingerprint density at radius 3 is 2.39 bits per heavy atom. The Bertz CT molecular complexity index is 335. The fraction of sp³-hybridized carbons (Fsp3) is 1.00. The van der Waals surface area contributed by atoms with Crippen molar-refractivity contribution in [3.63, 3.8) is 0 Å². The van der Waals surface area contributed by atoms with E-state index in [4.69, 9.17) is 9.47 Å². The van der Waals surface area contributed by atoms with Crippen molar-refractivity contribution in [2.75, 3.05) is 13.2 Å². The summed E-state index contributed by atoms with van der Waals surface area (Å²) >= 11 is 0. The molecule has 2 N–H and O–H groups in total. The zero-order valence-corrected chi connectivity index (χ0v) is 11.3. The Hall–Kier alpha value is -0.160. The lowest BCUT2D eigenvalue weighted by atomic mass is 9.53. The van der Waals surface area contributed by atoms with Gasteiger partial charge in [-0.25, -0.2) is 0 Å². The van der Waals surface area contributed by atoms with Crippen LogP contribution in [0, 0.1) is 11.3 Å². The van der Waals surface area contributed by atoms with Gasteiger partial charge in [-0.3, -0.25) is 0 Å². The Kier molecular flexibility index (Phi) is 2.80. The largest absolute Gasteiger partial charge is 0.393 e. The van der Waals surface area contributed by atoms with Crippen molar-refractivity contribution in [1.82, 2.24) is 0 Å². The van der Waals surface area contributed by atoms with Crippen LogP contribution in [0.5, 0.6) is 0 Å². The Labute approximate surface area is 108 Å². The highest BCUT2D eigenvalue weighted by Gasteiger charge is 2.59. The van der Waals surface area contributed by atoms with Crippen molar-refractivity contribution < 1.29 is 19.7 Å². The van der Waals surface area contributed by atoms with Crippen LogP contribution < -0.4 is 0 Å². The van der Waals surface area contributed by atoms with Crippen LogP contribution >= 0.6 is 0 Å². The van der Waals surface area contributed by atoms with Crippen LogP contribution in [0.15, 0.2) is 0 Å². The molecule has 4 nitrogen and oxygen atoms in total. The maximum atomic E-state index is 10.7. The van der Waals surface area contributed by atoms with Gasteiger partial charge in [-0.15, -0.1) is 0 Å². The smallest absolute Gasteiger partial charge is 0.168 e. The third-order valence-corrected chi connectivity index (χ3v) is 5.61. The molecule has 1 heterocycles. The first-order chi connectivity index (χ1) is 8.38. The molecule has 1 spiro atoms. The summed E-state index contributed by atoms with van der Waals surface area (Å²) in [5.41, 5.74) is -0.932. The maximum Gasteiger partial charge on any atom is 0.168 e. The molecule has 3 fully saturated rings. The van der Waals surface area contributed by atoms with Gasteiger partial charge in [0.1, 0.15) is 0 Å². The van der Waals surface area contributed by atoms with Gasteiger partial charge in [0.05, 0.1) is 24.9 Å². The average molecular weight is 256 g/mol. The summed E-state index contributed by atoms with van der Waals surface area (Å²) in [5, 5.41) is 21.0. The molecule has 3 rings (SSSR count). The molecular weight excluding hydrogens is 232 g/mol. The number of fused-ring (bicyclic) bond motifs is 1. The highest BCUT2D eigenvalue weighted by molar-refractivity contribution is 5.07. The first-order valence-corrected chi connectivity index (χ1v) is 7.06. The van der Waals surface area contributed by atoms with Gasteiger partial charge in [0.2, 0.25) is 0 Å². The molecular formula is C14H24O4. The first kappa shape index (κ1) is 12.9. The lowest BCUT2D eigenvalue weighted by Crippen LogP contribution is -2.60. The number of hydrogen-bond acceptors (Lipinski definition) is 4. The lowest BCUT2D eigenvalue weighted by molar-refractivity contribution is -0.256. The lowest BCUT2D eigenvalue weighted by Gasteiger charge is -2.57. The minimum absolute atomic E-state index is 0.0422. The van der Waals surface area contributed by atoms with Crippen molar-refractivity contribution >= 4 is 0 Å². The van der Waals surface area contributed by atoms with Gasteiger partial charge in [-0.05, 0) is 31.6 Å². The second-order valence-corrected chi connectivity index (χ2v) is 6.78. The molecule has 3 aliphatic rings. The van der Waals surface area contributed by atoms with Crippen molar-refractivity contribution in [3.05, 3.63) is 0 Å². The monoisotopic (exact) mass is 256 g/mol. The second-order valence-electron chi connectivity index (χ2n) is 6.78. The molecule has 0 bridgehead atoms. The van der Waals surface area contributed by atoms with Crippen LogP contribution in [-0.4, -0.2) is 40.9 Å². The molecule has 2 aliphatic carbocycles. The molecule has 0 aromatic rings. The molecule has 1 aliphatic heterocycles. The number of rotatable bonds is 0. The predicted octanol–water partition coefficient (Wildman–Crippen LogP) is 1.44. The summed E-state index contributed by atoms with van der Waals surface area (Å²) in [4.78, 5) is 0. The summed E-state index contributed by atoms with van der Waals surface area (Å²) < 4.78 is 11.6. The Morgan fingerprint density at radius 1 is 1.06 bits per heavy atom. The molecule has 0 radical (unpaired) electrons. The van der Waals surface area contributed by atoms with E-state index in [9.17, 15) is 10.2 Å². The third-order valence-electron chi connectivity index (χ3n) is 5.61. The van der Waals surface area contributed by atoms with Crippen LogP contribution in [0.3, 0.4) is 0 Å². The van der Waals surface area contributed by atoms with E-state index in [2.05, 4.69) is 6.92 Å². The van der Waals surface area contributed by atoms with Crippen molar-refractivity contribution in [2.24, 2.45) is 11.3 Å². The maximum absolute atomic E-state index is 10.7. The van der Waals surface area contributed by atoms with Crippen molar-refractivity contribution in [3.8, 4) is 0 Å². The van der Waals surface area contributed by atoms with Crippen LogP contribution in [0.1, 0.15) is 46.0 Å². The van der Waals surface area contributed by atoms with E-state index in [1.54, 1.807) is 0 Å². The summed E-state index contributed by atoms with van der Waals surface area (Å²) in [5.74, 6) is -0.453. The molecule has 4 atom stereocenters. The molecule has 18 heavy (non-hydrogen) atoms.